The van der Waals surface area contributed by atoms with Crippen LogP contribution in [-0.4, -0.2) is 34.2 Å². The number of hydrogen-bond acceptors (Lipinski definition) is 3. The van der Waals surface area contributed by atoms with E-state index in [1.807, 2.05) is 30.3 Å². The number of nitrogens with zero attached hydrogens (tertiary/aromatic N) is 1. The molecule has 1 saturated heterocycles. The van der Waals surface area contributed by atoms with Gasteiger partial charge in [0.1, 0.15) is 18.1 Å². The summed E-state index contributed by atoms with van der Waals surface area (Å²) in [5.41, 5.74) is -0.0746. The molecule has 1 aromatic carbocycles. The number of carbonyl (C=O) groups excluding carboxylic acids is 1. The van der Waals surface area contributed by atoms with Crippen molar-refractivity contribution in [3.63, 3.8) is 0 Å². The van der Waals surface area contributed by atoms with Gasteiger partial charge in [-0.25, -0.2) is 4.79 Å². The van der Waals surface area contributed by atoms with Crippen molar-refractivity contribution in [2.45, 2.75) is 31.7 Å². The summed E-state index contributed by atoms with van der Waals surface area (Å²) in [5, 5.41) is 9.41. The minimum absolute atomic E-state index is 0.432. The van der Waals surface area contributed by atoms with Crippen LogP contribution in [0.2, 0.25) is 0 Å². The van der Waals surface area contributed by atoms with Crippen molar-refractivity contribution in [3.05, 3.63) is 48.0 Å². The van der Waals surface area contributed by atoms with E-state index in [0.717, 1.165) is 5.56 Å². The van der Waals surface area contributed by atoms with Gasteiger partial charge in [0.05, 0.1) is 6.04 Å². The van der Waals surface area contributed by atoms with Crippen molar-refractivity contribution in [3.8, 4) is 0 Å². The predicted molar refractivity (Wildman–Crippen MR) is 73.2 cm³/mol. The molecule has 1 heterocycles. The van der Waals surface area contributed by atoms with Gasteiger partial charge >= 0.3 is 6.09 Å². The van der Waals surface area contributed by atoms with Crippen LogP contribution in [0.5, 0.6) is 0 Å². The van der Waals surface area contributed by atoms with E-state index in [0.29, 0.717) is 6.29 Å². The number of hydrogen-bond donors (Lipinski definition) is 1. The van der Waals surface area contributed by atoms with Crippen LogP contribution in [0.15, 0.2) is 42.5 Å². The van der Waals surface area contributed by atoms with Gasteiger partial charge in [-0.05, 0) is 25.5 Å². The van der Waals surface area contributed by atoms with Crippen molar-refractivity contribution in [1.29, 1.82) is 0 Å². The largest absolute Gasteiger partial charge is 0.465 e. The second-order valence-corrected chi connectivity index (χ2v) is 5.06. The van der Waals surface area contributed by atoms with Crippen LogP contribution in [0.1, 0.15) is 25.5 Å². The third kappa shape index (κ3) is 2.58. The lowest BCUT2D eigenvalue weighted by Gasteiger charge is -2.29. The summed E-state index contributed by atoms with van der Waals surface area (Å²) < 4.78 is 5.90. The van der Waals surface area contributed by atoms with Gasteiger partial charge in [-0.15, -0.1) is 0 Å². The number of allylic oxidation sites excluding steroid dienone is 1. The molecule has 1 aromatic rings. The number of rotatable bonds is 3. The van der Waals surface area contributed by atoms with Crippen LogP contribution in [0, 0.1) is 0 Å². The Morgan fingerprint density at radius 2 is 2.00 bits per heavy atom. The third-order valence-electron chi connectivity index (χ3n) is 3.32. The van der Waals surface area contributed by atoms with Gasteiger partial charge < -0.3 is 9.84 Å². The number of carbonyl (C=O) groups is 2. The number of benzene rings is 1. The summed E-state index contributed by atoms with van der Waals surface area (Å²) in [7, 11) is 0. The van der Waals surface area contributed by atoms with Crippen molar-refractivity contribution >= 4 is 12.4 Å². The number of amides is 1. The van der Waals surface area contributed by atoms with Crippen molar-refractivity contribution in [2.24, 2.45) is 0 Å². The van der Waals surface area contributed by atoms with E-state index in [2.05, 4.69) is 0 Å². The molecule has 1 fully saturated rings. The Labute approximate surface area is 117 Å². The quantitative estimate of drug-likeness (QED) is 0.680. The number of aldehydes is 1. The van der Waals surface area contributed by atoms with Gasteiger partial charge in [0.15, 0.2) is 0 Å². The van der Waals surface area contributed by atoms with E-state index in [9.17, 15) is 14.7 Å². The molecule has 1 aliphatic heterocycles. The van der Waals surface area contributed by atoms with E-state index < -0.39 is 24.0 Å². The molecule has 20 heavy (non-hydrogen) atoms. The fraction of sp³-hybridized carbons (Fsp3) is 0.333. The molecular formula is C15H17NO4. The van der Waals surface area contributed by atoms with Crippen LogP contribution in [0.3, 0.4) is 0 Å². The average Bonchev–Trinajstić information content (AvgIpc) is 2.68. The first-order valence-corrected chi connectivity index (χ1v) is 6.34. The molecule has 2 unspecified atom stereocenters. The molecule has 2 rings (SSSR count). The number of ether oxygens (including phenoxy) is 1. The lowest BCUT2D eigenvalue weighted by Crippen LogP contribution is -2.46. The molecule has 0 aromatic heterocycles. The SMILES string of the molecule is CC1(C)OC(c2ccccc2)C(C=CC=O)N1C(=O)O. The molecule has 0 aliphatic carbocycles. The molecule has 0 bridgehead atoms. The van der Waals surface area contributed by atoms with E-state index >= 15 is 0 Å². The van der Waals surface area contributed by atoms with Crippen LogP contribution in [-0.2, 0) is 9.53 Å². The molecule has 1 N–H and O–H groups in total. The Bertz CT molecular complexity index is 524. The van der Waals surface area contributed by atoms with Gasteiger partial charge in [0.2, 0.25) is 0 Å². The maximum absolute atomic E-state index is 11.5. The van der Waals surface area contributed by atoms with Gasteiger partial charge in [-0.1, -0.05) is 36.4 Å². The zero-order chi connectivity index (χ0) is 14.8. The van der Waals surface area contributed by atoms with E-state index in [1.165, 1.54) is 11.0 Å². The summed E-state index contributed by atoms with van der Waals surface area (Å²) in [6, 6.07) is 8.86. The second kappa shape index (κ2) is 5.46. The standard InChI is InChI=1S/C15H17NO4/c1-15(2)16(14(18)19)12(9-6-10-17)13(20-15)11-7-4-3-5-8-11/h3-10,12-13H,1-2H3,(H,18,19). The smallest absolute Gasteiger partial charge is 0.410 e. The maximum atomic E-state index is 11.5. The summed E-state index contributed by atoms with van der Waals surface area (Å²) >= 11 is 0. The minimum Gasteiger partial charge on any atom is -0.465 e. The van der Waals surface area contributed by atoms with Gasteiger partial charge in [-0.3, -0.25) is 9.69 Å². The lowest BCUT2D eigenvalue weighted by molar-refractivity contribution is -0.104. The normalized spacial score (nSPS) is 25.0. The number of carboxylic acid groups (broad SMARTS) is 1. The summed E-state index contributed by atoms with van der Waals surface area (Å²) in [6.45, 7) is 3.40. The summed E-state index contributed by atoms with van der Waals surface area (Å²) in [4.78, 5) is 23.3. The topological polar surface area (TPSA) is 66.8 Å². The van der Waals surface area contributed by atoms with Crippen molar-refractivity contribution < 1.29 is 19.4 Å². The Morgan fingerprint density at radius 3 is 2.55 bits per heavy atom. The summed E-state index contributed by atoms with van der Waals surface area (Å²) in [5.74, 6) is 0. The second-order valence-electron chi connectivity index (χ2n) is 5.06. The Kier molecular flexibility index (Phi) is 3.90. The molecule has 1 aliphatic rings. The van der Waals surface area contributed by atoms with Crippen LogP contribution in [0.25, 0.3) is 0 Å². The van der Waals surface area contributed by atoms with E-state index in [-0.39, 0.29) is 0 Å². The molecule has 0 saturated carbocycles. The van der Waals surface area contributed by atoms with Crippen LogP contribution in [0.4, 0.5) is 4.79 Å². The molecule has 106 valence electrons. The first-order chi connectivity index (χ1) is 9.47. The lowest BCUT2D eigenvalue weighted by atomic mass is 10.0. The molecular weight excluding hydrogens is 258 g/mol. The summed E-state index contributed by atoms with van der Waals surface area (Å²) in [6.07, 6.45) is 2.00. The van der Waals surface area contributed by atoms with Crippen molar-refractivity contribution in [1.82, 2.24) is 4.90 Å². The highest BCUT2D eigenvalue weighted by Crippen LogP contribution is 2.41. The zero-order valence-electron chi connectivity index (χ0n) is 11.4. The van der Waals surface area contributed by atoms with Crippen molar-refractivity contribution in [2.75, 3.05) is 0 Å². The molecule has 5 nitrogen and oxygen atoms in total. The van der Waals surface area contributed by atoms with Gasteiger partial charge in [-0.2, -0.15) is 0 Å². The van der Waals surface area contributed by atoms with Gasteiger partial charge in [0.25, 0.3) is 0 Å². The Hall–Kier alpha value is -2.14. The molecule has 2 atom stereocenters. The fourth-order valence-corrected chi connectivity index (χ4v) is 2.54. The highest BCUT2D eigenvalue weighted by atomic mass is 16.6. The van der Waals surface area contributed by atoms with Crippen LogP contribution >= 0.6 is 0 Å². The average molecular weight is 275 g/mol. The Balaban J connectivity index is 2.43. The molecule has 5 heteroatoms. The van der Waals surface area contributed by atoms with E-state index in [1.54, 1.807) is 19.9 Å². The highest BCUT2D eigenvalue weighted by Gasteiger charge is 2.49. The first kappa shape index (κ1) is 14.3. The Morgan fingerprint density at radius 1 is 1.35 bits per heavy atom. The first-order valence-electron chi connectivity index (χ1n) is 6.34. The van der Waals surface area contributed by atoms with Crippen LogP contribution < -0.4 is 0 Å². The zero-order valence-corrected chi connectivity index (χ0v) is 11.4. The minimum atomic E-state index is -1.08. The van der Waals surface area contributed by atoms with Gasteiger partial charge in [0, 0.05) is 0 Å². The monoisotopic (exact) mass is 275 g/mol. The maximum Gasteiger partial charge on any atom is 0.410 e. The third-order valence-corrected chi connectivity index (χ3v) is 3.32. The highest BCUT2D eigenvalue weighted by molar-refractivity contribution is 5.69. The molecule has 0 spiro atoms. The van der Waals surface area contributed by atoms with E-state index in [4.69, 9.17) is 4.74 Å². The molecule has 0 radical (unpaired) electrons. The molecule has 1 amide bonds. The predicted octanol–water partition coefficient (Wildman–Crippen LogP) is 2.60. The fourth-order valence-electron chi connectivity index (χ4n) is 2.54.